The van der Waals surface area contributed by atoms with Gasteiger partial charge in [0.05, 0.1) is 6.04 Å². The fourth-order valence-electron chi connectivity index (χ4n) is 2.71. The van der Waals surface area contributed by atoms with E-state index in [9.17, 15) is 9.59 Å². The van der Waals surface area contributed by atoms with Crippen molar-refractivity contribution in [3.63, 3.8) is 0 Å². The second kappa shape index (κ2) is 6.51. The van der Waals surface area contributed by atoms with Crippen molar-refractivity contribution in [1.82, 2.24) is 10.2 Å². The van der Waals surface area contributed by atoms with Crippen LogP contribution in [0.4, 0.5) is 0 Å². The molecule has 4 heteroatoms. The molecule has 1 rings (SSSR count). The van der Waals surface area contributed by atoms with Crippen LogP contribution in [0.3, 0.4) is 0 Å². The molecule has 4 nitrogen and oxygen atoms in total. The molecule has 2 atom stereocenters. The number of nitrogens with zero attached hydrogens (tertiary/aromatic N) is 1. The highest BCUT2D eigenvalue weighted by atomic mass is 16.2. The number of carbonyl (C=O) groups is 2. The molecule has 1 heterocycles. The Morgan fingerprint density at radius 2 is 1.95 bits per heavy atom. The van der Waals surface area contributed by atoms with Gasteiger partial charge in [-0.1, -0.05) is 6.42 Å². The summed E-state index contributed by atoms with van der Waals surface area (Å²) >= 11 is 0. The standard InChI is InChI=1S/C15H28N2O2/c1-11(18)10-13-8-6-7-9-17(13)12(2)14(19)16-15(3,4)5/h12-13H,6-10H2,1-5H3,(H,16,19). The largest absolute Gasteiger partial charge is 0.350 e. The molecule has 19 heavy (non-hydrogen) atoms. The van der Waals surface area contributed by atoms with Crippen LogP contribution in [0.1, 0.15) is 60.3 Å². The zero-order valence-electron chi connectivity index (χ0n) is 13.0. The predicted octanol–water partition coefficient (Wildman–Crippen LogP) is 2.12. The van der Waals surface area contributed by atoms with E-state index in [1.807, 2.05) is 27.7 Å². The van der Waals surface area contributed by atoms with E-state index in [1.54, 1.807) is 6.92 Å². The smallest absolute Gasteiger partial charge is 0.237 e. The fourth-order valence-corrected chi connectivity index (χ4v) is 2.71. The van der Waals surface area contributed by atoms with E-state index in [0.29, 0.717) is 6.42 Å². The van der Waals surface area contributed by atoms with Crippen LogP contribution in [0, 0.1) is 0 Å². The van der Waals surface area contributed by atoms with Gasteiger partial charge in [-0.3, -0.25) is 14.5 Å². The quantitative estimate of drug-likeness (QED) is 0.849. The molecule has 0 aromatic carbocycles. The van der Waals surface area contributed by atoms with Gasteiger partial charge in [-0.2, -0.15) is 0 Å². The van der Waals surface area contributed by atoms with Crippen LogP contribution in [0.2, 0.25) is 0 Å². The van der Waals surface area contributed by atoms with Crippen LogP contribution >= 0.6 is 0 Å². The molecular weight excluding hydrogens is 240 g/mol. The van der Waals surface area contributed by atoms with Gasteiger partial charge in [0.1, 0.15) is 5.78 Å². The van der Waals surface area contributed by atoms with Gasteiger partial charge in [0.25, 0.3) is 0 Å². The molecule has 0 aromatic heterocycles. The minimum absolute atomic E-state index is 0.0583. The third-order valence-electron chi connectivity index (χ3n) is 3.57. The number of hydrogen-bond donors (Lipinski definition) is 1. The van der Waals surface area contributed by atoms with E-state index in [1.165, 1.54) is 0 Å². The number of Topliss-reactive ketones (excluding diaryl/α,β-unsaturated/α-hetero) is 1. The number of carbonyl (C=O) groups excluding carboxylic acids is 2. The number of ketones is 1. The van der Waals surface area contributed by atoms with Crippen molar-refractivity contribution in [2.24, 2.45) is 0 Å². The Morgan fingerprint density at radius 3 is 2.47 bits per heavy atom. The summed E-state index contributed by atoms with van der Waals surface area (Å²) in [5.74, 6) is 0.267. The molecule has 2 unspecified atom stereocenters. The number of piperidine rings is 1. The Labute approximate surface area is 116 Å². The molecule has 0 spiro atoms. The monoisotopic (exact) mass is 268 g/mol. The Balaban J connectivity index is 2.68. The maximum atomic E-state index is 12.3. The van der Waals surface area contributed by atoms with Crippen molar-refractivity contribution in [3.8, 4) is 0 Å². The lowest BCUT2D eigenvalue weighted by molar-refractivity contribution is -0.130. The Morgan fingerprint density at radius 1 is 1.32 bits per heavy atom. The zero-order chi connectivity index (χ0) is 14.6. The van der Waals surface area contributed by atoms with Crippen molar-refractivity contribution in [2.75, 3.05) is 6.54 Å². The third kappa shape index (κ3) is 5.31. The van der Waals surface area contributed by atoms with Crippen LogP contribution in [0.5, 0.6) is 0 Å². The first kappa shape index (κ1) is 16.2. The number of nitrogens with one attached hydrogen (secondary N) is 1. The third-order valence-corrected chi connectivity index (χ3v) is 3.57. The first-order valence-electron chi connectivity index (χ1n) is 7.28. The Kier molecular flexibility index (Phi) is 5.53. The molecule has 110 valence electrons. The number of likely N-dealkylation sites (tertiary alicyclic amines) is 1. The molecule has 1 aliphatic rings. The second-order valence-corrected chi connectivity index (χ2v) is 6.71. The highest BCUT2D eigenvalue weighted by Crippen LogP contribution is 2.22. The van der Waals surface area contributed by atoms with Crippen molar-refractivity contribution >= 4 is 11.7 Å². The van der Waals surface area contributed by atoms with Gasteiger partial charge in [0.2, 0.25) is 5.91 Å². The summed E-state index contributed by atoms with van der Waals surface area (Å²) in [5, 5.41) is 3.02. The SMILES string of the molecule is CC(=O)CC1CCCCN1C(C)C(=O)NC(C)(C)C. The molecule has 0 aliphatic carbocycles. The number of amides is 1. The molecule has 1 fully saturated rings. The molecule has 1 aliphatic heterocycles. The first-order chi connectivity index (χ1) is 8.70. The summed E-state index contributed by atoms with van der Waals surface area (Å²) < 4.78 is 0. The van der Waals surface area contributed by atoms with Crippen molar-refractivity contribution in [3.05, 3.63) is 0 Å². The van der Waals surface area contributed by atoms with E-state index in [4.69, 9.17) is 0 Å². The van der Waals surface area contributed by atoms with Gasteiger partial charge in [0.15, 0.2) is 0 Å². The van der Waals surface area contributed by atoms with Gasteiger partial charge in [0, 0.05) is 18.0 Å². The van der Waals surface area contributed by atoms with Gasteiger partial charge in [-0.15, -0.1) is 0 Å². The van der Waals surface area contributed by atoms with Crippen molar-refractivity contribution in [1.29, 1.82) is 0 Å². The number of rotatable bonds is 4. The average molecular weight is 268 g/mol. The van der Waals surface area contributed by atoms with Crippen LogP contribution in [-0.4, -0.2) is 40.8 Å². The van der Waals surface area contributed by atoms with Crippen LogP contribution in [-0.2, 0) is 9.59 Å². The molecule has 0 saturated carbocycles. The van der Waals surface area contributed by atoms with Gasteiger partial charge < -0.3 is 5.32 Å². The van der Waals surface area contributed by atoms with Crippen molar-refractivity contribution in [2.45, 2.75) is 77.9 Å². The maximum Gasteiger partial charge on any atom is 0.237 e. The fraction of sp³-hybridized carbons (Fsp3) is 0.867. The summed E-state index contributed by atoms with van der Waals surface area (Å²) in [4.78, 5) is 25.8. The maximum absolute atomic E-state index is 12.3. The lowest BCUT2D eigenvalue weighted by Gasteiger charge is -2.39. The minimum atomic E-state index is -0.211. The Bertz CT molecular complexity index is 334. The highest BCUT2D eigenvalue weighted by Gasteiger charge is 2.31. The lowest BCUT2D eigenvalue weighted by Crippen LogP contribution is -2.55. The molecule has 0 radical (unpaired) electrons. The van der Waals surface area contributed by atoms with Gasteiger partial charge in [-0.25, -0.2) is 0 Å². The molecule has 1 amide bonds. The second-order valence-electron chi connectivity index (χ2n) is 6.71. The molecular formula is C15H28N2O2. The predicted molar refractivity (Wildman–Crippen MR) is 77.0 cm³/mol. The van der Waals surface area contributed by atoms with E-state index in [-0.39, 0.29) is 29.3 Å². The van der Waals surface area contributed by atoms with Crippen molar-refractivity contribution < 1.29 is 9.59 Å². The summed E-state index contributed by atoms with van der Waals surface area (Å²) in [6.07, 6.45) is 3.85. The van der Waals surface area contributed by atoms with Crippen LogP contribution < -0.4 is 5.32 Å². The van der Waals surface area contributed by atoms with Crippen LogP contribution in [0.25, 0.3) is 0 Å². The van der Waals surface area contributed by atoms with Gasteiger partial charge >= 0.3 is 0 Å². The van der Waals surface area contributed by atoms with E-state index >= 15 is 0 Å². The van der Waals surface area contributed by atoms with Crippen LogP contribution in [0.15, 0.2) is 0 Å². The summed E-state index contributed by atoms with van der Waals surface area (Å²) in [6.45, 7) is 10.4. The first-order valence-corrected chi connectivity index (χ1v) is 7.28. The minimum Gasteiger partial charge on any atom is -0.350 e. The normalized spacial score (nSPS) is 22.9. The average Bonchev–Trinajstić information content (AvgIpc) is 2.25. The van der Waals surface area contributed by atoms with E-state index in [2.05, 4.69) is 10.2 Å². The summed E-state index contributed by atoms with van der Waals surface area (Å²) in [7, 11) is 0. The van der Waals surface area contributed by atoms with Gasteiger partial charge in [-0.05, 0) is 54.0 Å². The van der Waals surface area contributed by atoms with E-state index in [0.717, 1.165) is 25.8 Å². The Hall–Kier alpha value is -0.900. The molecule has 1 saturated heterocycles. The summed E-state index contributed by atoms with van der Waals surface area (Å²) in [5.41, 5.74) is -0.211. The molecule has 1 N–H and O–H groups in total. The lowest BCUT2D eigenvalue weighted by atomic mass is 9.95. The zero-order valence-corrected chi connectivity index (χ0v) is 13.0. The topological polar surface area (TPSA) is 49.4 Å². The molecule has 0 bridgehead atoms. The highest BCUT2D eigenvalue weighted by molar-refractivity contribution is 5.82. The van der Waals surface area contributed by atoms with E-state index < -0.39 is 0 Å². The number of hydrogen-bond acceptors (Lipinski definition) is 3. The summed E-state index contributed by atoms with van der Waals surface area (Å²) in [6, 6.07) is 0.0656. The molecule has 0 aromatic rings.